The van der Waals surface area contributed by atoms with Gasteiger partial charge in [0.05, 0.1) is 22.2 Å². The van der Waals surface area contributed by atoms with Gasteiger partial charge in [-0.2, -0.15) is 0 Å². The highest BCUT2D eigenvalue weighted by Crippen LogP contribution is 2.45. The van der Waals surface area contributed by atoms with Crippen molar-refractivity contribution >= 4 is 76.2 Å². The average molecular weight is 638 g/mol. The van der Waals surface area contributed by atoms with E-state index in [1.54, 1.807) is 0 Å². The number of benzene rings is 8. The molecule has 0 atom stereocenters. The number of aromatic nitrogens is 3. The van der Waals surface area contributed by atoms with Gasteiger partial charge in [0.1, 0.15) is 11.2 Å². The summed E-state index contributed by atoms with van der Waals surface area (Å²) in [7, 11) is 0. The summed E-state index contributed by atoms with van der Waals surface area (Å²) in [6.07, 6.45) is 0. The first-order valence-corrected chi connectivity index (χ1v) is 16.9. The van der Waals surface area contributed by atoms with Gasteiger partial charge < -0.3 is 4.42 Å². The number of nitrogens with zero attached hydrogens (tertiary/aromatic N) is 3. The van der Waals surface area contributed by atoms with Crippen molar-refractivity contribution in [1.82, 2.24) is 14.5 Å². The highest BCUT2D eigenvalue weighted by molar-refractivity contribution is 6.25. The second kappa shape index (κ2) is 10.4. The predicted molar refractivity (Wildman–Crippen MR) is 207 cm³/mol. The molecule has 11 aromatic rings. The molecule has 0 aliphatic heterocycles. The molecule has 0 N–H and O–H groups in total. The van der Waals surface area contributed by atoms with Crippen LogP contribution in [-0.2, 0) is 0 Å². The summed E-state index contributed by atoms with van der Waals surface area (Å²) >= 11 is 0. The molecule has 50 heavy (non-hydrogen) atoms. The summed E-state index contributed by atoms with van der Waals surface area (Å²) in [6.45, 7) is 0. The van der Waals surface area contributed by atoms with Crippen molar-refractivity contribution in [3.63, 3.8) is 0 Å². The van der Waals surface area contributed by atoms with Gasteiger partial charge in [-0.15, -0.1) is 0 Å². The maximum atomic E-state index is 6.28. The van der Waals surface area contributed by atoms with Crippen molar-refractivity contribution in [3.05, 3.63) is 164 Å². The monoisotopic (exact) mass is 637 g/mol. The molecule has 3 aromatic heterocycles. The number of furan rings is 1. The van der Waals surface area contributed by atoms with Gasteiger partial charge in [0.2, 0.25) is 5.95 Å². The van der Waals surface area contributed by atoms with E-state index in [4.69, 9.17) is 14.4 Å². The zero-order valence-corrected chi connectivity index (χ0v) is 26.8. The molecule has 4 nitrogen and oxygen atoms in total. The molecule has 4 heteroatoms. The minimum atomic E-state index is 0.644. The molecule has 0 saturated carbocycles. The zero-order valence-electron chi connectivity index (χ0n) is 26.8. The van der Waals surface area contributed by atoms with Crippen LogP contribution in [0.3, 0.4) is 0 Å². The van der Waals surface area contributed by atoms with Gasteiger partial charge in [-0.3, -0.25) is 4.57 Å². The fourth-order valence-electron chi connectivity index (χ4n) is 7.95. The van der Waals surface area contributed by atoms with Gasteiger partial charge in [0.15, 0.2) is 0 Å². The number of rotatable bonds is 3. The summed E-state index contributed by atoms with van der Waals surface area (Å²) in [4.78, 5) is 10.8. The van der Waals surface area contributed by atoms with Crippen LogP contribution in [0.25, 0.3) is 105 Å². The molecule has 0 aliphatic carbocycles. The first-order chi connectivity index (χ1) is 24.8. The maximum Gasteiger partial charge on any atom is 0.235 e. The molecule has 0 unspecified atom stereocenters. The zero-order chi connectivity index (χ0) is 32.8. The summed E-state index contributed by atoms with van der Waals surface area (Å²) in [6, 6.07) is 57.8. The van der Waals surface area contributed by atoms with Crippen molar-refractivity contribution < 1.29 is 4.42 Å². The molecule has 232 valence electrons. The van der Waals surface area contributed by atoms with Crippen LogP contribution in [0.1, 0.15) is 0 Å². The number of hydrogen-bond donors (Lipinski definition) is 0. The number of hydrogen-bond acceptors (Lipinski definition) is 3. The molecule has 0 bridgehead atoms. The van der Waals surface area contributed by atoms with E-state index in [0.29, 0.717) is 5.95 Å². The largest absolute Gasteiger partial charge is 0.456 e. The SMILES string of the molecule is c1ccc(-c2nc(-n3c4c(-c5ccc6oc7ccccc7c6c5)c5ccccc5cc4c4ccc5ccccc5c43)nc3ccccc23)cc1. The van der Waals surface area contributed by atoms with Gasteiger partial charge in [-0.25, -0.2) is 9.97 Å². The Balaban J connectivity index is 1.36. The molecule has 0 fully saturated rings. The predicted octanol–water partition coefficient (Wildman–Crippen LogP) is 12.3. The second-order valence-corrected chi connectivity index (χ2v) is 13.0. The first kappa shape index (κ1) is 27.2. The molecule has 11 rings (SSSR count). The highest BCUT2D eigenvalue weighted by Gasteiger charge is 2.24. The first-order valence-electron chi connectivity index (χ1n) is 16.9. The summed E-state index contributed by atoms with van der Waals surface area (Å²) in [5.41, 5.74) is 9.07. The summed E-state index contributed by atoms with van der Waals surface area (Å²) in [5.74, 6) is 0.644. The third-order valence-electron chi connectivity index (χ3n) is 10.2. The lowest BCUT2D eigenvalue weighted by atomic mass is 9.93. The Kier molecular flexibility index (Phi) is 5.63. The molecule has 0 aliphatic rings. The molecule has 0 saturated heterocycles. The van der Waals surface area contributed by atoms with Crippen LogP contribution in [0.15, 0.2) is 168 Å². The molecule has 8 aromatic carbocycles. The van der Waals surface area contributed by atoms with E-state index < -0.39 is 0 Å². The Labute approximate surface area is 286 Å². The van der Waals surface area contributed by atoms with E-state index in [9.17, 15) is 0 Å². The standard InChI is InChI=1S/C46H27N3O/c1-2-13-29(14-3-1)43-36-19-8-10-20-39(36)47-46(48-43)49-44-33-17-7-4-12-28(33)22-24-35(44)38-26-30-15-5-6-16-32(30)42(45(38)49)31-23-25-41-37(27-31)34-18-9-11-21-40(34)50-41/h1-27H. The lowest BCUT2D eigenvalue weighted by molar-refractivity contribution is 0.669. The summed E-state index contributed by atoms with van der Waals surface area (Å²) < 4.78 is 8.60. The van der Waals surface area contributed by atoms with Crippen LogP contribution < -0.4 is 0 Å². The Hall–Kier alpha value is -6.78. The van der Waals surface area contributed by atoms with E-state index in [1.807, 2.05) is 18.2 Å². The van der Waals surface area contributed by atoms with Crippen LogP contribution >= 0.6 is 0 Å². The molecule has 3 heterocycles. The van der Waals surface area contributed by atoms with E-state index in [0.717, 1.165) is 77.0 Å². The van der Waals surface area contributed by atoms with Gasteiger partial charge >= 0.3 is 0 Å². The molecule has 0 spiro atoms. The lowest BCUT2D eigenvalue weighted by Gasteiger charge is -2.16. The van der Waals surface area contributed by atoms with Gasteiger partial charge in [-0.1, -0.05) is 133 Å². The third-order valence-corrected chi connectivity index (χ3v) is 10.2. The minimum Gasteiger partial charge on any atom is -0.456 e. The topological polar surface area (TPSA) is 43.9 Å². The van der Waals surface area contributed by atoms with Gasteiger partial charge in [-0.05, 0) is 52.1 Å². The van der Waals surface area contributed by atoms with Crippen molar-refractivity contribution in [2.75, 3.05) is 0 Å². The third kappa shape index (κ3) is 3.87. The molecular formula is C46H27N3O. The molecule has 0 radical (unpaired) electrons. The van der Waals surface area contributed by atoms with Crippen LogP contribution in [0.2, 0.25) is 0 Å². The Morgan fingerprint density at radius 2 is 1.10 bits per heavy atom. The fraction of sp³-hybridized carbons (Fsp3) is 0. The van der Waals surface area contributed by atoms with Crippen LogP contribution in [0.4, 0.5) is 0 Å². The quantitative estimate of drug-likeness (QED) is 0.194. The minimum absolute atomic E-state index is 0.644. The number of para-hydroxylation sites is 2. The van der Waals surface area contributed by atoms with E-state index in [1.165, 1.54) is 21.5 Å². The summed E-state index contributed by atoms with van der Waals surface area (Å²) in [5, 5.41) is 10.2. The van der Waals surface area contributed by atoms with Crippen molar-refractivity contribution in [1.29, 1.82) is 0 Å². The Morgan fingerprint density at radius 1 is 0.400 bits per heavy atom. The number of fused-ring (bicyclic) bond motifs is 10. The Morgan fingerprint density at radius 3 is 1.98 bits per heavy atom. The lowest BCUT2D eigenvalue weighted by Crippen LogP contribution is -2.04. The Bertz CT molecular complexity index is 3150. The van der Waals surface area contributed by atoms with Gasteiger partial charge in [0.25, 0.3) is 0 Å². The van der Waals surface area contributed by atoms with Crippen LogP contribution in [-0.4, -0.2) is 14.5 Å². The fourth-order valence-corrected chi connectivity index (χ4v) is 7.95. The normalized spacial score (nSPS) is 12.0. The van der Waals surface area contributed by atoms with Crippen LogP contribution in [0, 0.1) is 0 Å². The average Bonchev–Trinajstić information content (AvgIpc) is 3.72. The molecule has 0 amide bonds. The van der Waals surface area contributed by atoms with Crippen molar-refractivity contribution in [2.45, 2.75) is 0 Å². The van der Waals surface area contributed by atoms with E-state index in [2.05, 4.69) is 150 Å². The molecular weight excluding hydrogens is 611 g/mol. The van der Waals surface area contributed by atoms with Crippen LogP contribution in [0.5, 0.6) is 0 Å². The highest BCUT2D eigenvalue weighted by atomic mass is 16.3. The van der Waals surface area contributed by atoms with Gasteiger partial charge in [0, 0.05) is 43.4 Å². The second-order valence-electron chi connectivity index (χ2n) is 13.0. The van der Waals surface area contributed by atoms with Crippen molar-refractivity contribution in [3.8, 4) is 28.3 Å². The smallest absolute Gasteiger partial charge is 0.235 e. The van der Waals surface area contributed by atoms with E-state index in [-0.39, 0.29) is 0 Å². The van der Waals surface area contributed by atoms with E-state index >= 15 is 0 Å². The van der Waals surface area contributed by atoms with Crippen molar-refractivity contribution in [2.24, 2.45) is 0 Å². The maximum absolute atomic E-state index is 6.28.